The van der Waals surface area contributed by atoms with Gasteiger partial charge in [0.25, 0.3) is 5.91 Å². The standard InChI is InChI=1S/C15H24N2O4/c1-11(7-18)12(19)17-9-15(10-17)5-6-16(8-15)13(20)21-14(2,3)4/h18H,1,5-10H2,2-4H3. The van der Waals surface area contributed by atoms with E-state index in [1.807, 2.05) is 20.8 Å². The van der Waals surface area contributed by atoms with E-state index in [4.69, 9.17) is 9.84 Å². The number of amides is 2. The van der Waals surface area contributed by atoms with Crippen LogP contribution in [-0.2, 0) is 9.53 Å². The van der Waals surface area contributed by atoms with Crippen LogP contribution in [0, 0.1) is 5.41 Å². The molecule has 1 spiro atoms. The minimum Gasteiger partial charge on any atom is -0.444 e. The molecule has 0 aliphatic carbocycles. The van der Waals surface area contributed by atoms with Gasteiger partial charge >= 0.3 is 6.09 Å². The van der Waals surface area contributed by atoms with Crippen molar-refractivity contribution >= 4 is 12.0 Å². The molecule has 2 amide bonds. The Kier molecular flexibility index (Phi) is 4.02. The highest BCUT2D eigenvalue weighted by Crippen LogP contribution is 2.40. The van der Waals surface area contributed by atoms with Crippen molar-refractivity contribution in [3.8, 4) is 0 Å². The number of likely N-dealkylation sites (tertiary alicyclic amines) is 2. The molecule has 6 nitrogen and oxygen atoms in total. The normalized spacial score (nSPS) is 20.4. The summed E-state index contributed by atoms with van der Waals surface area (Å²) in [6.07, 6.45) is 0.589. The molecule has 21 heavy (non-hydrogen) atoms. The lowest BCUT2D eigenvalue weighted by molar-refractivity contribution is -0.138. The van der Waals surface area contributed by atoms with Crippen LogP contribution in [-0.4, -0.2) is 65.3 Å². The quantitative estimate of drug-likeness (QED) is 0.772. The number of carbonyl (C=O) groups is 2. The number of hydrogen-bond donors (Lipinski definition) is 1. The van der Waals surface area contributed by atoms with Crippen LogP contribution in [0.15, 0.2) is 12.2 Å². The largest absolute Gasteiger partial charge is 0.444 e. The molecule has 2 heterocycles. The molecule has 0 aromatic heterocycles. The van der Waals surface area contributed by atoms with Gasteiger partial charge in [-0.1, -0.05) is 6.58 Å². The van der Waals surface area contributed by atoms with Gasteiger partial charge < -0.3 is 19.6 Å². The molecule has 0 bridgehead atoms. The molecular weight excluding hydrogens is 272 g/mol. The monoisotopic (exact) mass is 296 g/mol. The van der Waals surface area contributed by atoms with E-state index in [9.17, 15) is 9.59 Å². The number of aliphatic hydroxyl groups excluding tert-OH is 1. The van der Waals surface area contributed by atoms with Gasteiger partial charge in [-0.2, -0.15) is 0 Å². The van der Waals surface area contributed by atoms with Crippen LogP contribution < -0.4 is 0 Å². The van der Waals surface area contributed by atoms with Gasteiger partial charge in [0.2, 0.25) is 0 Å². The molecule has 6 heteroatoms. The summed E-state index contributed by atoms with van der Waals surface area (Å²) < 4.78 is 5.37. The number of carbonyl (C=O) groups excluding carboxylic acids is 2. The third-order valence-corrected chi connectivity index (χ3v) is 3.92. The number of ether oxygens (including phenoxy) is 1. The summed E-state index contributed by atoms with van der Waals surface area (Å²) in [6.45, 7) is 11.3. The van der Waals surface area contributed by atoms with Crippen molar-refractivity contribution in [3.63, 3.8) is 0 Å². The first-order valence-corrected chi connectivity index (χ1v) is 7.22. The van der Waals surface area contributed by atoms with Gasteiger partial charge in [0.05, 0.1) is 6.61 Å². The molecule has 0 saturated carbocycles. The average molecular weight is 296 g/mol. The zero-order valence-corrected chi connectivity index (χ0v) is 13.0. The molecule has 2 rings (SSSR count). The maximum absolute atomic E-state index is 12.0. The van der Waals surface area contributed by atoms with E-state index in [0.717, 1.165) is 6.42 Å². The fraction of sp³-hybridized carbons (Fsp3) is 0.733. The van der Waals surface area contributed by atoms with Gasteiger partial charge in [0.15, 0.2) is 0 Å². The molecule has 0 radical (unpaired) electrons. The second kappa shape index (κ2) is 5.33. The molecular formula is C15H24N2O4. The number of rotatable bonds is 2. The Labute approximate surface area is 125 Å². The van der Waals surface area contributed by atoms with E-state index >= 15 is 0 Å². The molecule has 118 valence electrons. The first kappa shape index (κ1) is 15.8. The molecule has 0 atom stereocenters. The summed E-state index contributed by atoms with van der Waals surface area (Å²) in [5.74, 6) is -0.196. The second-order valence-corrected chi connectivity index (χ2v) is 7.07. The van der Waals surface area contributed by atoms with Crippen molar-refractivity contribution in [1.29, 1.82) is 0 Å². The Hall–Kier alpha value is -1.56. The Balaban J connectivity index is 1.86. The van der Waals surface area contributed by atoms with Crippen molar-refractivity contribution in [3.05, 3.63) is 12.2 Å². The highest BCUT2D eigenvalue weighted by Gasteiger charge is 2.50. The Bertz CT molecular complexity index is 461. The maximum Gasteiger partial charge on any atom is 0.410 e. The zero-order valence-electron chi connectivity index (χ0n) is 13.0. The van der Waals surface area contributed by atoms with Gasteiger partial charge in [-0.05, 0) is 27.2 Å². The van der Waals surface area contributed by atoms with Gasteiger partial charge in [0, 0.05) is 37.2 Å². The van der Waals surface area contributed by atoms with Crippen LogP contribution in [0.4, 0.5) is 4.79 Å². The lowest BCUT2D eigenvalue weighted by atomic mass is 9.79. The average Bonchev–Trinajstić information content (AvgIpc) is 2.78. The summed E-state index contributed by atoms with van der Waals surface area (Å²) >= 11 is 0. The van der Waals surface area contributed by atoms with E-state index in [1.165, 1.54) is 0 Å². The summed E-state index contributed by atoms with van der Waals surface area (Å²) in [6, 6.07) is 0. The van der Waals surface area contributed by atoms with Crippen molar-refractivity contribution in [2.75, 3.05) is 32.8 Å². The first-order chi connectivity index (χ1) is 9.66. The highest BCUT2D eigenvalue weighted by molar-refractivity contribution is 5.93. The van der Waals surface area contributed by atoms with Crippen LogP contribution in [0.5, 0.6) is 0 Å². The minimum absolute atomic E-state index is 0.0116. The van der Waals surface area contributed by atoms with Crippen molar-refractivity contribution in [2.45, 2.75) is 32.8 Å². The molecule has 0 aromatic carbocycles. The van der Waals surface area contributed by atoms with Crippen LogP contribution in [0.2, 0.25) is 0 Å². The van der Waals surface area contributed by atoms with Gasteiger partial charge in [-0.25, -0.2) is 4.79 Å². The van der Waals surface area contributed by atoms with E-state index in [1.54, 1.807) is 9.80 Å². The third-order valence-electron chi connectivity index (χ3n) is 3.92. The molecule has 2 saturated heterocycles. The SMILES string of the molecule is C=C(CO)C(=O)N1CC2(CCN(C(=O)OC(C)(C)C)C2)C1. The Morgan fingerprint density at radius 1 is 1.24 bits per heavy atom. The third kappa shape index (κ3) is 3.37. The van der Waals surface area contributed by atoms with E-state index in [0.29, 0.717) is 26.2 Å². The lowest BCUT2D eigenvalue weighted by Crippen LogP contribution is -2.60. The zero-order chi connectivity index (χ0) is 15.8. The van der Waals surface area contributed by atoms with Crippen molar-refractivity contribution in [1.82, 2.24) is 9.80 Å². The number of aliphatic hydroxyl groups is 1. The summed E-state index contributed by atoms with van der Waals surface area (Å²) in [7, 11) is 0. The summed E-state index contributed by atoms with van der Waals surface area (Å²) in [5, 5.41) is 8.94. The van der Waals surface area contributed by atoms with Crippen LogP contribution in [0.3, 0.4) is 0 Å². The van der Waals surface area contributed by atoms with Crippen molar-refractivity contribution < 1.29 is 19.4 Å². The Morgan fingerprint density at radius 3 is 2.33 bits per heavy atom. The van der Waals surface area contributed by atoms with Gasteiger partial charge in [0.1, 0.15) is 5.60 Å². The first-order valence-electron chi connectivity index (χ1n) is 7.22. The van der Waals surface area contributed by atoms with Crippen LogP contribution in [0.1, 0.15) is 27.2 Å². The van der Waals surface area contributed by atoms with Crippen LogP contribution in [0.25, 0.3) is 0 Å². The molecule has 1 N–H and O–H groups in total. The second-order valence-electron chi connectivity index (χ2n) is 7.07. The van der Waals surface area contributed by atoms with E-state index in [2.05, 4.69) is 6.58 Å². The van der Waals surface area contributed by atoms with E-state index in [-0.39, 0.29) is 29.6 Å². The van der Waals surface area contributed by atoms with Crippen molar-refractivity contribution in [2.24, 2.45) is 5.41 Å². The molecule has 0 aromatic rings. The topological polar surface area (TPSA) is 70.1 Å². The summed E-state index contributed by atoms with van der Waals surface area (Å²) in [5.41, 5.74) is -0.290. The smallest absolute Gasteiger partial charge is 0.410 e. The summed E-state index contributed by atoms with van der Waals surface area (Å²) in [4.78, 5) is 27.3. The van der Waals surface area contributed by atoms with Crippen LogP contribution >= 0.6 is 0 Å². The fourth-order valence-corrected chi connectivity index (χ4v) is 2.87. The highest BCUT2D eigenvalue weighted by atomic mass is 16.6. The van der Waals surface area contributed by atoms with Gasteiger partial charge in [-0.3, -0.25) is 4.79 Å². The predicted molar refractivity (Wildman–Crippen MR) is 77.7 cm³/mol. The minimum atomic E-state index is -0.493. The lowest BCUT2D eigenvalue weighted by Gasteiger charge is -2.48. The molecule has 2 fully saturated rings. The molecule has 2 aliphatic heterocycles. The number of nitrogens with zero attached hydrogens (tertiary/aromatic N) is 2. The maximum atomic E-state index is 12.0. The molecule has 2 aliphatic rings. The van der Waals surface area contributed by atoms with E-state index < -0.39 is 5.60 Å². The number of hydrogen-bond acceptors (Lipinski definition) is 4. The Morgan fingerprint density at radius 2 is 1.81 bits per heavy atom. The predicted octanol–water partition coefficient (Wildman–Crippen LogP) is 1.00. The molecule has 0 unspecified atom stereocenters. The fourth-order valence-electron chi connectivity index (χ4n) is 2.87. The van der Waals surface area contributed by atoms with Gasteiger partial charge in [-0.15, -0.1) is 0 Å².